The van der Waals surface area contributed by atoms with Crippen LogP contribution in [0.5, 0.6) is 0 Å². The maximum Gasteiger partial charge on any atom is 0.345 e. The lowest BCUT2D eigenvalue weighted by molar-refractivity contribution is -0.222. The van der Waals surface area contributed by atoms with Crippen LogP contribution in [0.3, 0.4) is 0 Å². The smallest absolute Gasteiger partial charge is 0.345 e. The van der Waals surface area contributed by atoms with E-state index in [1.165, 1.54) is 12.0 Å². The van der Waals surface area contributed by atoms with E-state index in [9.17, 15) is 24.6 Å². The van der Waals surface area contributed by atoms with Crippen molar-refractivity contribution in [1.82, 2.24) is 5.32 Å². The molecule has 0 radical (unpaired) electrons. The Hall–Kier alpha value is -2.96. The minimum atomic E-state index is -1.61. The van der Waals surface area contributed by atoms with Crippen molar-refractivity contribution in [3.05, 3.63) is 52.6 Å². The number of nitrogens with zero attached hydrogens (tertiary/aromatic N) is 1. The van der Waals surface area contributed by atoms with Crippen LogP contribution < -0.4 is 10.4 Å². The Morgan fingerprint density at radius 1 is 1.21 bits per heavy atom. The average molecular weight is 619 g/mol. The molecule has 1 saturated carbocycles. The van der Waals surface area contributed by atoms with Gasteiger partial charge in [0, 0.05) is 31.9 Å². The summed E-state index contributed by atoms with van der Waals surface area (Å²) < 4.78 is 16.7. The molecule has 1 saturated heterocycles. The summed E-state index contributed by atoms with van der Waals surface area (Å²) in [5.41, 5.74) is -0.745. The predicted molar refractivity (Wildman–Crippen MR) is 155 cm³/mol. The van der Waals surface area contributed by atoms with Crippen molar-refractivity contribution in [3.8, 4) is 0 Å². The molecule has 4 aliphatic rings. The molecular formula is C31H39ClN2O9. The second kappa shape index (κ2) is 11.5. The summed E-state index contributed by atoms with van der Waals surface area (Å²) >= 11 is 6.40. The van der Waals surface area contributed by atoms with Gasteiger partial charge in [0.05, 0.1) is 10.7 Å². The molecule has 2 heterocycles. The first-order valence-corrected chi connectivity index (χ1v) is 14.8. The molecule has 0 unspecified atom stereocenters. The van der Waals surface area contributed by atoms with E-state index >= 15 is 0 Å². The summed E-state index contributed by atoms with van der Waals surface area (Å²) in [5.74, 6) is -3.13. The van der Waals surface area contributed by atoms with Crippen LogP contribution in [0.4, 0.5) is 5.69 Å². The fourth-order valence-electron chi connectivity index (χ4n) is 7.19. The average Bonchev–Trinajstić information content (AvgIpc) is 3.28. The van der Waals surface area contributed by atoms with E-state index in [2.05, 4.69) is 11.9 Å². The van der Waals surface area contributed by atoms with Crippen molar-refractivity contribution in [3.63, 3.8) is 0 Å². The maximum absolute atomic E-state index is 13.9. The Balaban J connectivity index is 1.46. The van der Waals surface area contributed by atoms with E-state index in [1.807, 2.05) is 19.9 Å². The molecule has 12 heteroatoms. The molecule has 9 atom stereocenters. The Bertz CT molecular complexity index is 1370. The normalized spacial score (nSPS) is 36.4. The van der Waals surface area contributed by atoms with E-state index in [0.717, 1.165) is 12.0 Å². The molecule has 11 nitrogen and oxygen atoms in total. The number of hydrogen-bond acceptors (Lipinski definition) is 11. The summed E-state index contributed by atoms with van der Waals surface area (Å²) in [7, 11) is 1.65. The number of aliphatic hydroxyl groups is 2. The molecule has 234 valence electrons. The molecular weight excluding hydrogens is 580 g/mol. The van der Waals surface area contributed by atoms with Crippen molar-refractivity contribution in [1.29, 1.82) is 0 Å². The summed E-state index contributed by atoms with van der Waals surface area (Å²) in [6.07, 6.45) is -0.229. The highest BCUT2D eigenvalue weighted by Crippen LogP contribution is 2.53. The highest BCUT2D eigenvalue weighted by Gasteiger charge is 2.62. The number of halogens is 1. The van der Waals surface area contributed by atoms with Gasteiger partial charge in [0.1, 0.15) is 17.2 Å². The van der Waals surface area contributed by atoms with Crippen LogP contribution in [-0.2, 0) is 39.0 Å². The first kappa shape index (κ1) is 31.5. The van der Waals surface area contributed by atoms with Crippen LogP contribution in [0.1, 0.15) is 52.5 Å². The van der Waals surface area contributed by atoms with Crippen LogP contribution in [0, 0.1) is 17.8 Å². The van der Waals surface area contributed by atoms with Gasteiger partial charge in [-0.15, -0.1) is 0 Å². The molecule has 2 aliphatic carbocycles. The number of carbonyl (C=O) groups excluding carboxylic acids is 3. The van der Waals surface area contributed by atoms with Gasteiger partial charge in [-0.25, -0.2) is 4.79 Å². The zero-order chi connectivity index (χ0) is 31.4. The number of esters is 3. The predicted octanol–water partition coefficient (Wildman–Crippen LogP) is 2.91. The van der Waals surface area contributed by atoms with E-state index < -0.39 is 66.1 Å². The fourth-order valence-corrected chi connectivity index (χ4v) is 7.48. The lowest BCUT2D eigenvalue weighted by Gasteiger charge is -2.55. The number of hydroxylamine groups is 1. The largest absolute Gasteiger partial charge is 0.454 e. The third kappa shape index (κ3) is 5.35. The van der Waals surface area contributed by atoms with Crippen molar-refractivity contribution in [2.45, 2.75) is 82.6 Å². The van der Waals surface area contributed by atoms with Gasteiger partial charge >= 0.3 is 17.9 Å². The maximum atomic E-state index is 13.9. The number of benzene rings is 1. The Morgan fingerprint density at radius 2 is 1.93 bits per heavy atom. The van der Waals surface area contributed by atoms with Crippen LogP contribution >= 0.6 is 11.6 Å². The highest BCUT2D eigenvalue weighted by molar-refractivity contribution is 6.33. The fraction of sp³-hybridized carbons (Fsp3) is 0.581. The minimum Gasteiger partial charge on any atom is -0.454 e. The molecule has 0 amide bonds. The van der Waals surface area contributed by atoms with Crippen LogP contribution in [0.15, 0.2) is 42.0 Å². The second-order valence-electron chi connectivity index (χ2n) is 12.3. The lowest BCUT2D eigenvalue weighted by Crippen LogP contribution is -2.66. The number of fused-ring (bicyclic) bond motifs is 4. The van der Waals surface area contributed by atoms with Gasteiger partial charge in [-0.3, -0.25) is 24.8 Å². The van der Waals surface area contributed by atoms with Crippen molar-refractivity contribution in [2.24, 2.45) is 17.8 Å². The summed E-state index contributed by atoms with van der Waals surface area (Å²) in [6, 6.07) is 4.09. The van der Waals surface area contributed by atoms with Crippen LogP contribution in [-0.4, -0.2) is 71.9 Å². The number of allylic oxidation sites excluding steroid dienone is 1. The SMILES string of the molecule is C=C(C)[C@@H]1CC[C@@H](C)[C@@]2(O)[C@@H]1C=C(C)[C@@H](OC(=O)COC(C)=O)[C@@H]2OC(=O)[C@@H]1C[C@@]2(O)c3cccc(Cl)c3N(C)O[C@H]2N1. The number of nitrogens with one attached hydrogen (secondary N) is 1. The zero-order valence-electron chi connectivity index (χ0n) is 25.0. The standard InChI is InChI=1S/C31H39ClN2O9/c1-15(2)19-11-10-17(4)31(39)21(19)12-16(3)26(41-24(36)14-40-18(5)35)27(31)42-28(37)23-13-30(38)20-8-7-9-22(32)25(20)34(6)43-29(30)33-23/h7-9,12,17,19,21,23,26-27,29,33,38-39H,1,10-11,13-14H2,2-6H3/t17-,19+,21-,23+,26-,27+,29-,30-,31-/m1/s1. The van der Waals surface area contributed by atoms with Gasteiger partial charge in [0.25, 0.3) is 0 Å². The third-order valence-electron chi connectivity index (χ3n) is 9.44. The zero-order valence-corrected chi connectivity index (χ0v) is 25.7. The quantitative estimate of drug-likeness (QED) is 0.246. The number of ether oxygens (including phenoxy) is 3. The topological polar surface area (TPSA) is 144 Å². The van der Waals surface area contributed by atoms with Gasteiger partial charge in [-0.1, -0.05) is 48.9 Å². The minimum absolute atomic E-state index is 0.0894. The van der Waals surface area contributed by atoms with Gasteiger partial charge in [0.2, 0.25) is 0 Å². The number of anilines is 1. The first-order valence-electron chi connectivity index (χ1n) is 14.5. The Labute approximate surface area is 255 Å². The third-order valence-corrected chi connectivity index (χ3v) is 9.74. The Morgan fingerprint density at radius 3 is 2.60 bits per heavy atom. The van der Waals surface area contributed by atoms with Crippen molar-refractivity contribution >= 4 is 35.2 Å². The van der Waals surface area contributed by atoms with E-state index in [-0.39, 0.29) is 18.3 Å². The van der Waals surface area contributed by atoms with Gasteiger partial charge in [0.15, 0.2) is 25.0 Å². The summed E-state index contributed by atoms with van der Waals surface area (Å²) in [6.45, 7) is 10.2. The molecule has 2 aliphatic heterocycles. The molecule has 3 N–H and O–H groups in total. The van der Waals surface area contributed by atoms with Crippen molar-refractivity contribution < 1.29 is 43.6 Å². The molecule has 2 fully saturated rings. The molecule has 1 aromatic rings. The van der Waals surface area contributed by atoms with E-state index in [4.69, 9.17) is 30.6 Å². The molecule has 0 aromatic heterocycles. The Kier molecular flexibility index (Phi) is 8.43. The number of rotatable bonds is 6. The van der Waals surface area contributed by atoms with Gasteiger partial charge < -0.3 is 24.4 Å². The highest BCUT2D eigenvalue weighted by atomic mass is 35.5. The molecule has 0 spiro atoms. The number of para-hydroxylation sites is 1. The number of hydrogen-bond donors (Lipinski definition) is 3. The van der Waals surface area contributed by atoms with Crippen LogP contribution in [0.25, 0.3) is 0 Å². The molecule has 0 bridgehead atoms. The molecule has 1 aromatic carbocycles. The second-order valence-corrected chi connectivity index (χ2v) is 12.7. The summed E-state index contributed by atoms with van der Waals surface area (Å²) in [4.78, 5) is 43.8. The molecule has 5 rings (SSSR count). The monoisotopic (exact) mass is 618 g/mol. The number of carbonyl (C=O) groups is 3. The first-order chi connectivity index (χ1) is 20.2. The molecule has 43 heavy (non-hydrogen) atoms. The van der Waals surface area contributed by atoms with E-state index in [1.54, 1.807) is 32.2 Å². The van der Waals surface area contributed by atoms with Gasteiger partial charge in [-0.05, 0) is 50.2 Å². The van der Waals surface area contributed by atoms with E-state index in [0.29, 0.717) is 28.3 Å². The van der Waals surface area contributed by atoms with Gasteiger partial charge in [-0.2, -0.15) is 0 Å². The summed E-state index contributed by atoms with van der Waals surface area (Å²) in [5, 5.41) is 29.1. The van der Waals surface area contributed by atoms with Crippen molar-refractivity contribution in [2.75, 3.05) is 18.7 Å². The lowest BCUT2D eigenvalue weighted by atomic mass is 9.56. The van der Waals surface area contributed by atoms with Crippen LogP contribution in [0.2, 0.25) is 5.02 Å².